The number of unbranched alkanes of at least 4 members (excludes halogenated alkanes) is 1. The predicted octanol–water partition coefficient (Wildman–Crippen LogP) is 5.78. The van der Waals surface area contributed by atoms with Crippen LogP contribution >= 0.6 is 0 Å². The average Bonchev–Trinajstić information content (AvgIpc) is 2.72. The molecule has 4 nitrogen and oxygen atoms in total. The summed E-state index contributed by atoms with van der Waals surface area (Å²) in [6.45, 7) is 8.44. The molecule has 0 aromatic heterocycles. The van der Waals surface area contributed by atoms with Crippen molar-refractivity contribution in [3.63, 3.8) is 0 Å². The Balaban J connectivity index is 1.79. The van der Waals surface area contributed by atoms with Crippen LogP contribution in [-0.2, 0) is 21.1 Å². The van der Waals surface area contributed by atoms with E-state index in [4.69, 9.17) is 4.74 Å². The van der Waals surface area contributed by atoms with E-state index in [0.717, 1.165) is 62.9 Å². The van der Waals surface area contributed by atoms with E-state index < -0.39 is 14.6 Å². The van der Waals surface area contributed by atoms with Gasteiger partial charge in [0.05, 0.1) is 17.1 Å². The summed E-state index contributed by atoms with van der Waals surface area (Å²) in [7, 11) is -3.10. The van der Waals surface area contributed by atoms with Crippen LogP contribution in [0.1, 0.15) is 84.6 Å². The minimum Gasteiger partial charge on any atom is -0.494 e. The summed E-state index contributed by atoms with van der Waals surface area (Å²) in [5, 5.41) is 0. The van der Waals surface area contributed by atoms with Crippen molar-refractivity contribution in [1.82, 2.24) is 0 Å². The third-order valence-corrected chi connectivity index (χ3v) is 9.66. The van der Waals surface area contributed by atoms with Crippen molar-refractivity contribution < 1.29 is 17.9 Å². The standard InChI is InChI=1S/C25H40O4S/c1-5-7-17-29-23-10-8-9-20(18-23)13-16-24(26)22-14-11-21(12-15-22)19-30(27,28)25(3,4)6-2/h8-10,18,21-22H,5-7,11-17,19H2,1-4H3. The first-order chi connectivity index (χ1) is 14.2. The van der Waals surface area contributed by atoms with Crippen molar-refractivity contribution >= 4 is 15.6 Å². The smallest absolute Gasteiger partial charge is 0.155 e. The van der Waals surface area contributed by atoms with Crippen LogP contribution in [0.2, 0.25) is 0 Å². The van der Waals surface area contributed by atoms with Crippen molar-refractivity contribution in [2.45, 2.75) is 90.2 Å². The molecule has 170 valence electrons. The molecule has 0 saturated heterocycles. The summed E-state index contributed by atoms with van der Waals surface area (Å²) in [5.74, 6) is 1.75. The quantitative estimate of drug-likeness (QED) is 0.390. The number of benzene rings is 1. The fourth-order valence-corrected chi connectivity index (χ4v) is 5.85. The normalized spacial score (nSPS) is 20.1. The molecule has 30 heavy (non-hydrogen) atoms. The summed E-state index contributed by atoms with van der Waals surface area (Å²) < 4.78 is 30.4. The van der Waals surface area contributed by atoms with Crippen LogP contribution in [-0.4, -0.2) is 31.3 Å². The highest BCUT2D eigenvalue weighted by molar-refractivity contribution is 7.92. The maximum Gasteiger partial charge on any atom is 0.155 e. The van der Waals surface area contributed by atoms with Gasteiger partial charge in [0.1, 0.15) is 11.5 Å². The number of hydrogen-bond acceptors (Lipinski definition) is 4. The van der Waals surface area contributed by atoms with Gasteiger partial charge in [-0.25, -0.2) is 8.42 Å². The Labute approximate surface area is 183 Å². The van der Waals surface area contributed by atoms with E-state index in [9.17, 15) is 13.2 Å². The Kier molecular flexibility index (Phi) is 9.39. The molecular formula is C25H40O4S. The van der Waals surface area contributed by atoms with E-state index >= 15 is 0 Å². The third kappa shape index (κ3) is 7.11. The highest BCUT2D eigenvalue weighted by atomic mass is 32.2. The zero-order chi connectivity index (χ0) is 22.2. The summed E-state index contributed by atoms with van der Waals surface area (Å²) >= 11 is 0. The zero-order valence-corrected chi connectivity index (χ0v) is 20.1. The van der Waals surface area contributed by atoms with Crippen molar-refractivity contribution in [1.29, 1.82) is 0 Å². The Hall–Kier alpha value is -1.36. The van der Waals surface area contributed by atoms with Crippen LogP contribution in [0.5, 0.6) is 5.75 Å². The Morgan fingerprint density at radius 1 is 1.13 bits per heavy atom. The first-order valence-electron chi connectivity index (χ1n) is 11.6. The van der Waals surface area contributed by atoms with Crippen molar-refractivity contribution in [3.05, 3.63) is 29.8 Å². The number of rotatable bonds is 12. The van der Waals surface area contributed by atoms with E-state index in [0.29, 0.717) is 18.6 Å². The number of ether oxygens (including phenoxy) is 1. The van der Waals surface area contributed by atoms with Gasteiger partial charge in [0, 0.05) is 12.3 Å². The van der Waals surface area contributed by atoms with Crippen LogP contribution in [0.15, 0.2) is 24.3 Å². The number of sulfone groups is 1. The SMILES string of the molecule is CCCCOc1cccc(CCC(=O)C2CCC(CS(=O)(=O)C(C)(C)CC)CC2)c1. The fraction of sp³-hybridized carbons (Fsp3) is 0.720. The number of carbonyl (C=O) groups is 1. The minimum absolute atomic E-state index is 0.0899. The monoisotopic (exact) mass is 436 g/mol. The summed E-state index contributed by atoms with van der Waals surface area (Å²) in [6.07, 6.45) is 7.41. The second-order valence-corrected chi connectivity index (χ2v) is 12.1. The molecule has 0 N–H and O–H groups in total. The van der Waals surface area contributed by atoms with Crippen molar-refractivity contribution in [2.24, 2.45) is 11.8 Å². The zero-order valence-electron chi connectivity index (χ0n) is 19.3. The van der Waals surface area contributed by atoms with Crippen molar-refractivity contribution in [3.8, 4) is 5.75 Å². The topological polar surface area (TPSA) is 60.4 Å². The van der Waals surface area contributed by atoms with E-state index in [1.54, 1.807) is 0 Å². The molecule has 1 aromatic carbocycles. The van der Waals surface area contributed by atoms with Gasteiger partial charge in [-0.05, 0) is 82.4 Å². The Morgan fingerprint density at radius 3 is 2.47 bits per heavy atom. The maximum absolute atomic E-state index is 12.7. The van der Waals surface area contributed by atoms with E-state index in [1.807, 2.05) is 39.0 Å². The van der Waals surface area contributed by atoms with Gasteiger partial charge >= 0.3 is 0 Å². The van der Waals surface area contributed by atoms with Crippen LogP contribution in [0.25, 0.3) is 0 Å². The molecule has 0 aliphatic heterocycles. The molecule has 1 aliphatic rings. The predicted molar refractivity (Wildman–Crippen MR) is 124 cm³/mol. The van der Waals surface area contributed by atoms with Crippen LogP contribution in [0, 0.1) is 11.8 Å². The lowest BCUT2D eigenvalue weighted by Crippen LogP contribution is -2.36. The van der Waals surface area contributed by atoms with E-state index in [-0.39, 0.29) is 17.6 Å². The molecule has 1 aliphatic carbocycles. The first-order valence-corrected chi connectivity index (χ1v) is 13.3. The third-order valence-electron chi connectivity index (χ3n) is 6.78. The van der Waals surface area contributed by atoms with Gasteiger partial charge in [-0.15, -0.1) is 0 Å². The van der Waals surface area contributed by atoms with Crippen molar-refractivity contribution in [2.75, 3.05) is 12.4 Å². The lowest BCUT2D eigenvalue weighted by Gasteiger charge is -2.31. The van der Waals surface area contributed by atoms with Gasteiger partial charge in [-0.2, -0.15) is 0 Å². The lowest BCUT2D eigenvalue weighted by atomic mass is 9.79. The number of hydrogen-bond donors (Lipinski definition) is 0. The highest BCUT2D eigenvalue weighted by Crippen LogP contribution is 2.34. The molecule has 0 heterocycles. The van der Waals surface area contributed by atoms with Gasteiger partial charge in [0.15, 0.2) is 9.84 Å². The van der Waals surface area contributed by atoms with E-state index in [1.165, 1.54) is 0 Å². The molecule has 2 rings (SSSR count). The molecule has 0 spiro atoms. The molecule has 0 atom stereocenters. The van der Waals surface area contributed by atoms with Gasteiger partial charge in [0.25, 0.3) is 0 Å². The van der Waals surface area contributed by atoms with Gasteiger partial charge in [-0.1, -0.05) is 32.4 Å². The van der Waals surface area contributed by atoms with Gasteiger partial charge in [0.2, 0.25) is 0 Å². The molecule has 0 bridgehead atoms. The van der Waals surface area contributed by atoms with Crippen LogP contribution < -0.4 is 4.74 Å². The molecule has 0 radical (unpaired) electrons. The molecule has 0 unspecified atom stereocenters. The Morgan fingerprint density at radius 2 is 1.83 bits per heavy atom. The summed E-state index contributed by atoms with van der Waals surface area (Å²) in [4.78, 5) is 12.7. The lowest BCUT2D eigenvalue weighted by molar-refractivity contribution is -0.124. The molecule has 1 fully saturated rings. The number of aryl methyl sites for hydroxylation is 1. The molecular weight excluding hydrogens is 396 g/mol. The van der Waals surface area contributed by atoms with Crippen LogP contribution in [0.3, 0.4) is 0 Å². The largest absolute Gasteiger partial charge is 0.494 e. The maximum atomic E-state index is 12.7. The molecule has 0 amide bonds. The summed E-state index contributed by atoms with van der Waals surface area (Å²) in [5.41, 5.74) is 1.14. The Bertz CT molecular complexity index is 774. The van der Waals surface area contributed by atoms with Gasteiger partial charge in [-0.3, -0.25) is 4.79 Å². The van der Waals surface area contributed by atoms with Gasteiger partial charge < -0.3 is 4.74 Å². The molecule has 1 saturated carbocycles. The fourth-order valence-electron chi connectivity index (χ4n) is 4.00. The first kappa shape index (κ1) is 24.9. The number of carbonyl (C=O) groups excluding carboxylic acids is 1. The minimum atomic E-state index is -3.10. The molecule has 5 heteroatoms. The number of ketones is 1. The summed E-state index contributed by atoms with van der Waals surface area (Å²) in [6, 6.07) is 8.05. The van der Waals surface area contributed by atoms with E-state index in [2.05, 4.69) is 13.0 Å². The number of Topliss-reactive ketones (excluding diaryl/α,β-unsaturated/α-hetero) is 1. The molecule has 1 aromatic rings. The average molecular weight is 437 g/mol. The second kappa shape index (κ2) is 11.3. The van der Waals surface area contributed by atoms with Crippen LogP contribution in [0.4, 0.5) is 0 Å². The second-order valence-electron chi connectivity index (χ2n) is 9.43. The highest BCUT2D eigenvalue weighted by Gasteiger charge is 2.36.